The number of hydrogen-bond acceptors (Lipinski definition) is 4. The van der Waals surface area contributed by atoms with E-state index in [-0.39, 0.29) is 34.4 Å². The van der Waals surface area contributed by atoms with Crippen molar-refractivity contribution < 1.29 is 23.0 Å². The number of aromatic nitrogens is 2. The fraction of sp³-hybridized carbons (Fsp3) is 0.0833. The summed E-state index contributed by atoms with van der Waals surface area (Å²) in [5, 5.41) is 9.94. The second-order valence-corrected chi connectivity index (χ2v) is 7.53. The van der Waals surface area contributed by atoms with E-state index in [1.807, 2.05) is 30.3 Å². The Kier molecular flexibility index (Phi) is 6.11. The van der Waals surface area contributed by atoms with Gasteiger partial charge >= 0.3 is 6.18 Å². The standard InChI is InChI=1S/C24H16ClF3N2O3/c25-20-12-16(24(26,27)28)14-29-22(20)33-18-8-4-7-17(13-18)30-10-9-21(31)19(23(30)32)11-15-5-2-1-3-6-15/h1-10,12-14,31H,11H2. The van der Waals surface area contributed by atoms with Crippen LogP contribution in [-0.2, 0) is 12.6 Å². The van der Waals surface area contributed by atoms with Gasteiger partial charge in [-0.2, -0.15) is 13.2 Å². The summed E-state index contributed by atoms with van der Waals surface area (Å²) >= 11 is 5.91. The Morgan fingerprint density at radius 2 is 1.79 bits per heavy atom. The third-order valence-electron chi connectivity index (χ3n) is 4.84. The predicted octanol–water partition coefficient (Wildman–Crippen LogP) is 5.99. The summed E-state index contributed by atoms with van der Waals surface area (Å²) in [6.07, 6.45) is -2.28. The molecule has 2 aromatic heterocycles. The van der Waals surface area contributed by atoms with E-state index in [1.54, 1.807) is 18.2 Å². The third kappa shape index (κ3) is 5.01. The fourth-order valence-corrected chi connectivity index (χ4v) is 3.41. The zero-order valence-corrected chi connectivity index (χ0v) is 17.6. The lowest BCUT2D eigenvalue weighted by atomic mass is 10.1. The van der Waals surface area contributed by atoms with Crippen LogP contribution in [0.2, 0.25) is 5.02 Å². The summed E-state index contributed by atoms with van der Waals surface area (Å²) in [5.74, 6) is -0.107. The van der Waals surface area contributed by atoms with Gasteiger partial charge in [-0.25, -0.2) is 4.98 Å². The Hall–Kier alpha value is -3.78. The number of pyridine rings is 2. The van der Waals surface area contributed by atoms with Crippen LogP contribution in [0.5, 0.6) is 17.4 Å². The topological polar surface area (TPSA) is 64.3 Å². The molecule has 0 aliphatic heterocycles. The molecule has 168 valence electrons. The van der Waals surface area contributed by atoms with Crippen molar-refractivity contribution in [2.24, 2.45) is 0 Å². The molecule has 9 heteroatoms. The van der Waals surface area contributed by atoms with Gasteiger partial charge in [0, 0.05) is 24.9 Å². The minimum Gasteiger partial charge on any atom is -0.507 e. The van der Waals surface area contributed by atoms with Gasteiger partial charge in [0.2, 0.25) is 5.88 Å². The summed E-state index contributed by atoms with van der Waals surface area (Å²) in [4.78, 5) is 16.7. The second-order valence-electron chi connectivity index (χ2n) is 7.13. The molecule has 0 aliphatic carbocycles. The smallest absolute Gasteiger partial charge is 0.417 e. The maximum atomic E-state index is 13.1. The fourth-order valence-electron chi connectivity index (χ4n) is 3.20. The first-order valence-corrected chi connectivity index (χ1v) is 10.1. The number of nitrogens with zero attached hydrogens (tertiary/aromatic N) is 2. The largest absolute Gasteiger partial charge is 0.507 e. The second kappa shape index (κ2) is 8.99. The van der Waals surface area contributed by atoms with Crippen LogP contribution in [0.3, 0.4) is 0 Å². The van der Waals surface area contributed by atoms with Gasteiger partial charge in [0.25, 0.3) is 5.56 Å². The van der Waals surface area contributed by atoms with Crippen molar-refractivity contribution in [1.82, 2.24) is 9.55 Å². The quantitative estimate of drug-likeness (QED) is 0.387. The molecule has 2 heterocycles. The van der Waals surface area contributed by atoms with Crippen LogP contribution in [0, 0.1) is 0 Å². The molecule has 0 amide bonds. The van der Waals surface area contributed by atoms with Gasteiger partial charge in [-0.3, -0.25) is 9.36 Å². The zero-order valence-electron chi connectivity index (χ0n) is 16.9. The van der Waals surface area contributed by atoms with Crippen LogP contribution >= 0.6 is 11.6 Å². The van der Waals surface area contributed by atoms with Crippen LogP contribution in [0.1, 0.15) is 16.7 Å². The first-order valence-electron chi connectivity index (χ1n) is 9.71. The summed E-state index contributed by atoms with van der Waals surface area (Å²) in [6, 6.07) is 17.7. The molecular weight excluding hydrogens is 457 g/mol. The summed E-state index contributed by atoms with van der Waals surface area (Å²) in [7, 11) is 0. The predicted molar refractivity (Wildman–Crippen MR) is 117 cm³/mol. The normalized spacial score (nSPS) is 11.4. The maximum absolute atomic E-state index is 13.1. The maximum Gasteiger partial charge on any atom is 0.417 e. The highest BCUT2D eigenvalue weighted by molar-refractivity contribution is 6.31. The van der Waals surface area contributed by atoms with Crippen LogP contribution in [-0.4, -0.2) is 14.7 Å². The number of aromatic hydroxyl groups is 1. The van der Waals surface area contributed by atoms with Crippen molar-refractivity contribution >= 4 is 11.6 Å². The highest BCUT2D eigenvalue weighted by Crippen LogP contribution is 2.35. The van der Waals surface area contributed by atoms with Gasteiger partial charge in [-0.15, -0.1) is 0 Å². The van der Waals surface area contributed by atoms with E-state index >= 15 is 0 Å². The Balaban J connectivity index is 1.65. The first kappa shape index (κ1) is 22.4. The van der Waals surface area contributed by atoms with Crippen LogP contribution in [0.4, 0.5) is 13.2 Å². The molecule has 0 atom stereocenters. The Morgan fingerprint density at radius 3 is 2.48 bits per heavy atom. The molecule has 0 bridgehead atoms. The first-order chi connectivity index (χ1) is 15.7. The minimum atomic E-state index is -4.58. The van der Waals surface area contributed by atoms with Crippen molar-refractivity contribution in [2.75, 3.05) is 0 Å². The average molecular weight is 473 g/mol. The molecule has 0 radical (unpaired) electrons. The Labute approximate surface area is 191 Å². The van der Waals surface area contributed by atoms with Gasteiger partial charge in [0.1, 0.15) is 16.5 Å². The van der Waals surface area contributed by atoms with Crippen molar-refractivity contribution in [2.45, 2.75) is 12.6 Å². The lowest BCUT2D eigenvalue weighted by Crippen LogP contribution is -2.22. The molecule has 4 rings (SSSR count). The molecule has 1 N–H and O–H groups in total. The Bertz CT molecular complexity index is 1360. The van der Waals surface area contributed by atoms with Crippen LogP contribution in [0.15, 0.2) is 83.9 Å². The highest BCUT2D eigenvalue weighted by Gasteiger charge is 2.31. The number of ether oxygens (including phenoxy) is 1. The molecule has 5 nitrogen and oxygen atoms in total. The van der Waals surface area contributed by atoms with Crippen molar-refractivity contribution in [3.05, 3.63) is 111 Å². The summed E-state index contributed by atoms with van der Waals surface area (Å²) < 4.78 is 45.3. The van der Waals surface area contributed by atoms with Crippen molar-refractivity contribution in [3.8, 4) is 23.1 Å². The van der Waals surface area contributed by atoms with Gasteiger partial charge in [-0.05, 0) is 29.8 Å². The number of hydrogen-bond donors (Lipinski definition) is 1. The zero-order chi connectivity index (χ0) is 23.6. The van der Waals surface area contributed by atoms with Gasteiger partial charge in [0.05, 0.1) is 16.8 Å². The molecule has 2 aromatic carbocycles. The Morgan fingerprint density at radius 1 is 1.03 bits per heavy atom. The lowest BCUT2D eigenvalue weighted by Gasteiger charge is -2.13. The average Bonchev–Trinajstić information content (AvgIpc) is 2.78. The van der Waals surface area contributed by atoms with E-state index in [0.717, 1.165) is 11.6 Å². The molecule has 0 saturated heterocycles. The number of benzene rings is 2. The monoisotopic (exact) mass is 472 g/mol. The molecule has 0 unspecified atom stereocenters. The van der Waals surface area contributed by atoms with Crippen molar-refractivity contribution in [3.63, 3.8) is 0 Å². The van der Waals surface area contributed by atoms with E-state index in [0.29, 0.717) is 11.9 Å². The van der Waals surface area contributed by atoms with Crippen LogP contribution in [0.25, 0.3) is 5.69 Å². The molecule has 0 saturated carbocycles. The van der Waals surface area contributed by atoms with E-state index in [1.165, 1.54) is 22.9 Å². The molecule has 4 aromatic rings. The minimum absolute atomic E-state index is 0.117. The summed E-state index contributed by atoms with van der Waals surface area (Å²) in [6.45, 7) is 0. The van der Waals surface area contributed by atoms with E-state index in [2.05, 4.69) is 4.98 Å². The molecule has 33 heavy (non-hydrogen) atoms. The van der Waals surface area contributed by atoms with Crippen molar-refractivity contribution in [1.29, 1.82) is 0 Å². The highest BCUT2D eigenvalue weighted by atomic mass is 35.5. The van der Waals surface area contributed by atoms with Crippen LogP contribution < -0.4 is 10.3 Å². The molecule has 0 aliphatic rings. The number of halogens is 4. The van der Waals surface area contributed by atoms with Gasteiger partial charge in [-0.1, -0.05) is 48.0 Å². The van der Waals surface area contributed by atoms with E-state index in [9.17, 15) is 23.1 Å². The molecule has 0 fully saturated rings. The number of alkyl halides is 3. The SMILES string of the molecule is O=c1c(Cc2ccccc2)c(O)ccn1-c1cccc(Oc2ncc(C(F)(F)F)cc2Cl)c1. The molecular formula is C24H16ClF3N2O3. The van der Waals surface area contributed by atoms with Gasteiger partial charge < -0.3 is 9.84 Å². The lowest BCUT2D eigenvalue weighted by molar-refractivity contribution is -0.137. The van der Waals surface area contributed by atoms with Gasteiger partial charge in [0.15, 0.2) is 0 Å². The number of rotatable bonds is 5. The van der Waals surface area contributed by atoms with E-state index < -0.39 is 17.3 Å². The molecule has 0 spiro atoms. The third-order valence-corrected chi connectivity index (χ3v) is 5.11. The summed E-state index contributed by atoms with van der Waals surface area (Å²) in [5.41, 5.74) is 0.108. The van der Waals surface area contributed by atoms with E-state index in [4.69, 9.17) is 16.3 Å².